The molecule has 1 aromatic heterocycles. The summed E-state index contributed by atoms with van der Waals surface area (Å²) in [5.41, 5.74) is -1.26. The molecular formula is C13H18ClF3N2OS. The number of hydrogen-bond donors (Lipinski definition) is 1. The predicted molar refractivity (Wildman–Crippen MR) is 78.3 cm³/mol. The quantitative estimate of drug-likeness (QED) is 0.842. The number of pyridine rings is 1. The molecule has 1 N–H and O–H groups in total. The Morgan fingerprint density at radius 3 is 2.29 bits per heavy atom. The van der Waals surface area contributed by atoms with Gasteiger partial charge in [-0.25, -0.2) is 13.9 Å². The third-order valence-electron chi connectivity index (χ3n) is 2.79. The van der Waals surface area contributed by atoms with Crippen molar-refractivity contribution >= 4 is 22.6 Å². The number of aromatic nitrogens is 1. The molecular weight excluding hydrogens is 325 g/mol. The summed E-state index contributed by atoms with van der Waals surface area (Å²) in [4.78, 5) is 3.76. The number of hydrogen-bond acceptors (Lipinski definition) is 2. The average molecular weight is 343 g/mol. The van der Waals surface area contributed by atoms with Crippen molar-refractivity contribution in [3.05, 3.63) is 29.0 Å². The molecule has 0 aromatic carbocycles. The monoisotopic (exact) mass is 342 g/mol. The lowest BCUT2D eigenvalue weighted by atomic mass is 9.90. The Labute approximate surface area is 129 Å². The molecule has 2 atom stereocenters. The van der Waals surface area contributed by atoms with E-state index in [0.717, 1.165) is 0 Å². The lowest BCUT2D eigenvalue weighted by Crippen LogP contribution is -2.48. The minimum atomic E-state index is -4.42. The van der Waals surface area contributed by atoms with Gasteiger partial charge in [0.05, 0.1) is 27.7 Å². The summed E-state index contributed by atoms with van der Waals surface area (Å²) in [6.07, 6.45) is -4.25. The van der Waals surface area contributed by atoms with Crippen molar-refractivity contribution in [3.63, 3.8) is 0 Å². The second kappa shape index (κ2) is 6.22. The zero-order valence-corrected chi connectivity index (χ0v) is 13.8. The van der Waals surface area contributed by atoms with Crippen LogP contribution in [0.1, 0.15) is 39.7 Å². The second-order valence-corrected chi connectivity index (χ2v) is 8.33. The molecule has 2 unspecified atom stereocenters. The smallest absolute Gasteiger partial charge is 0.245 e. The molecule has 8 heteroatoms. The average Bonchev–Trinajstić information content (AvgIpc) is 2.24. The summed E-state index contributed by atoms with van der Waals surface area (Å²) in [6.45, 7) is 6.41. The minimum Gasteiger partial charge on any atom is -0.245 e. The Morgan fingerprint density at radius 1 is 1.29 bits per heavy atom. The molecule has 1 heterocycles. The van der Waals surface area contributed by atoms with E-state index in [0.29, 0.717) is 0 Å². The zero-order chi connectivity index (χ0) is 16.5. The maximum absolute atomic E-state index is 12.9. The fourth-order valence-electron chi connectivity index (χ4n) is 1.70. The first-order valence-electron chi connectivity index (χ1n) is 6.22. The molecule has 21 heavy (non-hydrogen) atoms. The summed E-state index contributed by atoms with van der Waals surface area (Å²) < 4.78 is 52.8. The largest absolute Gasteiger partial charge is 0.391 e. The maximum Gasteiger partial charge on any atom is 0.391 e. The van der Waals surface area contributed by atoms with Gasteiger partial charge in [-0.1, -0.05) is 11.6 Å². The van der Waals surface area contributed by atoms with E-state index in [2.05, 4.69) is 9.71 Å². The number of halogens is 4. The molecule has 0 aliphatic rings. The van der Waals surface area contributed by atoms with E-state index in [-0.39, 0.29) is 10.7 Å². The van der Waals surface area contributed by atoms with Gasteiger partial charge in [0.15, 0.2) is 0 Å². The Balaban J connectivity index is 3.21. The molecule has 1 rings (SSSR count). The minimum absolute atomic E-state index is 0.0873. The molecule has 0 fully saturated rings. The topological polar surface area (TPSA) is 42.0 Å². The molecule has 1 aromatic rings. The molecule has 0 bridgehead atoms. The number of nitrogens with zero attached hydrogens (tertiary/aromatic N) is 1. The van der Waals surface area contributed by atoms with Crippen LogP contribution in [0.3, 0.4) is 0 Å². The Bertz CT molecular complexity index is 531. The summed E-state index contributed by atoms with van der Waals surface area (Å²) in [5, 5.41) is 0.0873. The first-order chi connectivity index (χ1) is 9.33. The highest BCUT2D eigenvalue weighted by Crippen LogP contribution is 2.36. The van der Waals surface area contributed by atoms with Crippen LogP contribution in [0.5, 0.6) is 0 Å². The molecule has 0 aliphatic carbocycles. The number of nitrogens with one attached hydrogen (secondary N) is 1. The van der Waals surface area contributed by atoms with Crippen molar-refractivity contribution in [2.45, 2.75) is 50.6 Å². The van der Waals surface area contributed by atoms with Crippen LogP contribution < -0.4 is 4.72 Å². The Hall–Kier alpha value is -0.660. The number of rotatable bonds is 4. The van der Waals surface area contributed by atoms with Crippen molar-refractivity contribution in [1.82, 2.24) is 9.71 Å². The highest BCUT2D eigenvalue weighted by molar-refractivity contribution is 7.84. The van der Waals surface area contributed by atoms with Crippen LogP contribution in [0.4, 0.5) is 13.2 Å². The molecule has 0 saturated carbocycles. The normalized spacial score (nSPS) is 17.3. The summed E-state index contributed by atoms with van der Waals surface area (Å²) in [7, 11) is -1.66. The Morgan fingerprint density at radius 2 is 1.86 bits per heavy atom. The van der Waals surface area contributed by atoms with E-state index in [4.69, 9.17) is 11.6 Å². The van der Waals surface area contributed by atoms with Crippen LogP contribution in [0, 0.1) is 0 Å². The first-order valence-corrected chi connectivity index (χ1v) is 7.75. The van der Waals surface area contributed by atoms with E-state index >= 15 is 0 Å². The third-order valence-corrected chi connectivity index (χ3v) is 4.75. The van der Waals surface area contributed by atoms with Crippen LogP contribution in [0.2, 0.25) is 5.15 Å². The van der Waals surface area contributed by atoms with Gasteiger partial charge < -0.3 is 0 Å². The Kier molecular flexibility index (Phi) is 5.45. The zero-order valence-electron chi connectivity index (χ0n) is 12.2. The van der Waals surface area contributed by atoms with Crippen molar-refractivity contribution in [1.29, 1.82) is 0 Å². The van der Waals surface area contributed by atoms with Gasteiger partial charge in [0.1, 0.15) is 5.15 Å². The van der Waals surface area contributed by atoms with Crippen LogP contribution in [0.15, 0.2) is 18.3 Å². The van der Waals surface area contributed by atoms with Crippen molar-refractivity contribution < 1.29 is 17.4 Å². The molecule has 0 spiro atoms. The lowest BCUT2D eigenvalue weighted by Gasteiger charge is -2.34. The van der Waals surface area contributed by atoms with E-state index in [1.165, 1.54) is 25.3 Å². The second-order valence-electron chi connectivity index (χ2n) is 5.97. The van der Waals surface area contributed by atoms with Gasteiger partial charge in [-0.2, -0.15) is 13.2 Å². The van der Waals surface area contributed by atoms with E-state index < -0.39 is 33.9 Å². The van der Waals surface area contributed by atoms with E-state index in [9.17, 15) is 17.4 Å². The molecule has 0 saturated heterocycles. The molecule has 0 amide bonds. The van der Waals surface area contributed by atoms with Gasteiger partial charge >= 0.3 is 6.18 Å². The number of alkyl halides is 3. The van der Waals surface area contributed by atoms with Crippen LogP contribution in [-0.2, 0) is 16.5 Å². The van der Waals surface area contributed by atoms with Gasteiger partial charge in [-0.15, -0.1) is 0 Å². The summed E-state index contributed by atoms with van der Waals surface area (Å²) >= 11 is 5.75. The van der Waals surface area contributed by atoms with Gasteiger partial charge in [-0.3, -0.25) is 0 Å². The molecule has 0 radical (unpaired) electrons. The highest BCUT2D eigenvalue weighted by Gasteiger charge is 2.42. The predicted octanol–water partition coefficient (Wildman–Crippen LogP) is 3.95. The van der Waals surface area contributed by atoms with Gasteiger partial charge in [0.2, 0.25) is 0 Å². The summed E-state index contributed by atoms with van der Waals surface area (Å²) in [6, 6.07) is 2.78. The van der Waals surface area contributed by atoms with Crippen LogP contribution in [0.25, 0.3) is 0 Å². The van der Waals surface area contributed by atoms with Crippen molar-refractivity contribution in [3.8, 4) is 0 Å². The van der Waals surface area contributed by atoms with Gasteiger partial charge in [0, 0.05) is 6.20 Å². The van der Waals surface area contributed by atoms with Crippen LogP contribution >= 0.6 is 11.6 Å². The lowest BCUT2D eigenvalue weighted by molar-refractivity contribution is -0.148. The van der Waals surface area contributed by atoms with Crippen LogP contribution in [-0.4, -0.2) is 20.1 Å². The molecule has 3 nitrogen and oxygen atoms in total. The van der Waals surface area contributed by atoms with Gasteiger partial charge in [0.25, 0.3) is 0 Å². The highest BCUT2D eigenvalue weighted by atomic mass is 35.5. The fraction of sp³-hybridized carbons (Fsp3) is 0.615. The first kappa shape index (κ1) is 18.4. The SMILES string of the molecule is CC(CC(F)(F)F)(NS(=O)C(C)(C)C)c1ccnc(Cl)c1. The van der Waals surface area contributed by atoms with Crippen molar-refractivity contribution in [2.75, 3.05) is 0 Å². The van der Waals surface area contributed by atoms with E-state index in [1.54, 1.807) is 20.8 Å². The summed E-state index contributed by atoms with van der Waals surface area (Å²) in [5.74, 6) is 0. The molecule has 0 aliphatic heterocycles. The van der Waals surface area contributed by atoms with Crippen molar-refractivity contribution in [2.24, 2.45) is 0 Å². The molecule has 120 valence electrons. The van der Waals surface area contributed by atoms with Gasteiger partial charge in [-0.05, 0) is 45.4 Å². The fourth-order valence-corrected chi connectivity index (χ4v) is 2.78. The third kappa shape index (κ3) is 5.56. The maximum atomic E-state index is 12.9. The van der Waals surface area contributed by atoms with E-state index in [1.807, 2.05) is 0 Å². The standard InChI is InChI=1S/C13H18ClF3N2OS/c1-11(2,3)21(20)19-12(4,8-13(15,16)17)9-5-6-18-10(14)7-9/h5-7,19H,8H2,1-4H3.